The molecular formula is C15H24N2O. The van der Waals surface area contributed by atoms with Gasteiger partial charge in [0.05, 0.1) is 6.10 Å². The first-order valence-corrected chi connectivity index (χ1v) is 6.83. The minimum absolute atomic E-state index is 0.266. The van der Waals surface area contributed by atoms with E-state index in [4.69, 9.17) is 0 Å². The Labute approximate surface area is 110 Å². The molecule has 1 fully saturated rings. The van der Waals surface area contributed by atoms with Crippen LogP contribution in [0.3, 0.4) is 0 Å². The summed E-state index contributed by atoms with van der Waals surface area (Å²) in [6.45, 7) is 7.84. The van der Waals surface area contributed by atoms with E-state index in [-0.39, 0.29) is 6.10 Å². The zero-order valence-corrected chi connectivity index (χ0v) is 11.3. The summed E-state index contributed by atoms with van der Waals surface area (Å²) in [5.41, 5.74) is 1.32. The third-order valence-electron chi connectivity index (χ3n) is 3.65. The van der Waals surface area contributed by atoms with Crippen molar-refractivity contribution in [3.63, 3.8) is 0 Å². The van der Waals surface area contributed by atoms with Crippen molar-refractivity contribution >= 4 is 0 Å². The highest BCUT2D eigenvalue weighted by atomic mass is 16.3. The Morgan fingerprint density at radius 1 is 1.28 bits per heavy atom. The molecular weight excluding hydrogens is 224 g/mol. The Morgan fingerprint density at radius 2 is 2.00 bits per heavy atom. The van der Waals surface area contributed by atoms with Gasteiger partial charge in [-0.2, -0.15) is 0 Å². The van der Waals surface area contributed by atoms with Crippen molar-refractivity contribution in [2.45, 2.75) is 32.5 Å². The smallest absolute Gasteiger partial charge is 0.0791 e. The second-order valence-electron chi connectivity index (χ2n) is 5.54. The lowest BCUT2D eigenvalue weighted by molar-refractivity contribution is 0.0903. The van der Waals surface area contributed by atoms with Crippen LogP contribution in [0, 0.1) is 5.92 Å². The minimum Gasteiger partial charge on any atom is -0.390 e. The second kappa shape index (κ2) is 6.32. The molecule has 1 aromatic carbocycles. The number of hydrogen-bond acceptors (Lipinski definition) is 3. The molecule has 3 nitrogen and oxygen atoms in total. The van der Waals surface area contributed by atoms with E-state index >= 15 is 0 Å². The topological polar surface area (TPSA) is 35.5 Å². The molecule has 0 bridgehead atoms. The molecule has 1 saturated heterocycles. The number of nitrogens with zero attached hydrogens (tertiary/aromatic N) is 1. The third kappa shape index (κ3) is 3.55. The first-order chi connectivity index (χ1) is 8.66. The van der Waals surface area contributed by atoms with E-state index in [0.29, 0.717) is 18.5 Å². The van der Waals surface area contributed by atoms with Gasteiger partial charge in [0, 0.05) is 32.2 Å². The summed E-state index contributed by atoms with van der Waals surface area (Å²) < 4.78 is 0. The van der Waals surface area contributed by atoms with Crippen LogP contribution in [0.2, 0.25) is 0 Å². The molecule has 0 spiro atoms. The number of aliphatic hydroxyl groups is 1. The normalized spacial score (nSPS) is 26.2. The summed E-state index contributed by atoms with van der Waals surface area (Å²) in [7, 11) is 0. The van der Waals surface area contributed by atoms with Gasteiger partial charge in [-0.3, -0.25) is 4.90 Å². The molecule has 2 N–H and O–H groups in total. The van der Waals surface area contributed by atoms with E-state index in [2.05, 4.69) is 48.3 Å². The maximum absolute atomic E-state index is 9.93. The van der Waals surface area contributed by atoms with E-state index in [1.165, 1.54) is 5.56 Å². The van der Waals surface area contributed by atoms with E-state index in [9.17, 15) is 5.11 Å². The van der Waals surface area contributed by atoms with Gasteiger partial charge in [0.1, 0.15) is 0 Å². The summed E-state index contributed by atoms with van der Waals surface area (Å²) >= 11 is 0. The quantitative estimate of drug-likeness (QED) is 0.850. The summed E-state index contributed by atoms with van der Waals surface area (Å²) in [6, 6.07) is 11.0. The van der Waals surface area contributed by atoms with Crippen LogP contribution in [0.4, 0.5) is 0 Å². The SMILES string of the molecule is CC(C)[C@H]1CNC[C@@H](O)CN1Cc1ccccc1. The first-order valence-electron chi connectivity index (χ1n) is 6.83. The molecule has 2 rings (SSSR count). The van der Waals surface area contributed by atoms with Crippen molar-refractivity contribution in [1.29, 1.82) is 0 Å². The van der Waals surface area contributed by atoms with Gasteiger partial charge >= 0.3 is 0 Å². The predicted molar refractivity (Wildman–Crippen MR) is 74.4 cm³/mol. The van der Waals surface area contributed by atoms with Crippen LogP contribution in [0.5, 0.6) is 0 Å². The highest BCUT2D eigenvalue weighted by molar-refractivity contribution is 5.14. The number of rotatable bonds is 3. The molecule has 1 aliphatic heterocycles. The minimum atomic E-state index is -0.266. The molecule has 0 aliphatic carbocycles. The molecule has 0 radical (unpaired) electrons. The molecule has 100 valence electrons. The lowest BCUT2D eigenvalue weighted by Crippen LogP contribution is -2.43. The molecule has 0 aromatic heterocycles. The van der Waals surface area contributed by atoms with Gasteiger partial charge in [0.25, 0.3) is 0 Å². The zero-order chi connectivity index (χ0) is 13.0. The summed E-state index contributed by atoms with van der Waals surface area (Å²) in [6.07, 6.45) is -0.266. The summed E-state index contributed by atoms with van der Waals surface area (Å²) in [5.74, 6) is 0.589. The number of β-amino-alcohol motifs (C(OH)–C–C–N with tert-alkyl or cyclic N) is 1. The van der Waals surface area contributed by atoms with Crippen LogP contribution >= 0.6 is 0 Å². The van der Waals surface area contributed by atoms with Gasteiger partial charge in [-0.05, 0) is 11.5 Å². The van der Waals surface area contributed by atoms with Crippen LogP contribution < -0.4 is 5.32 Å². The average Bonchev–Trinajstić information content (AvgIpc) is 2.52. The molecule has 0 amide bonds. The molecule has 3 heteroatoms. The van der Waals surface area contributed by atoms with Gasteiger partial charge in [0.15, 0.2) is 0 Å². The van der Waals surface area contributed by atoms with Crippen molar-refractivity contribution in [2.24, 2.45) is 5.92 Å². The van der Waals surface area contributed by atoms with Gasteiger partial charge in [-0.1, -0.05) is 44.2 Å². The van der Waals surface area contributed by atoms with Gasteiger partial charge in [-0.15, -0.1) is 0 Å². The van der Waals surface area contributed by atoms with Crippen molar-refractivity contribution in [2.75, 3.05) is 19.6 Å². The Hall–Kier alpha value is -0.900. The highest BCUT2D eigenvalue weighted by Crippen LogP contribution is 2.16. The Kier molecular flexibility index (Phi) is 4.75. The van der Waals surface area contributed by atoms with Crippen molar-refractivity contribution in [3.05, 3.63) is 35.9 Å². The molecule has 1 aromatic rings. The van der Waals surface area contributed by atoms with E-state index in [1.54, 1.807) is 0 Å². The summed E-state index contributed by atoms with van der Waals surface area (Å²) in [4.78, 5) is 2.41. The van der Waals surface area contributed by atoms with E-state index in [0.717, 1.165) is 19.6 Å². The maximum Gasteiger partial charge on any atom is 0.0791 e. The van der Waals surface area contributed by atoms with E-state index < -0.39 is 0 Å². The molecule has 18 heavy (non-hydrogen) atoms. The molecule has 1 heterocycles. The number of benzene rings is 1. The molecule has 0 saturated carbocycles. The maximum atomic E-state index is 9.93. The fraction of sp³-hybridized carbons (Fsp3) is 0.600. The largest absolute Gasteiger partial charge is 0.390 e. The monoisotopic (exact) mass is 248 g/mol. The first kappa shape index (κ1) is 13.5. The summed E-state index contributed by atoms with van der Waals surface area (Å²) in [5, 5.41) is 13.3. The van der Waals surface area contributed by atoms with Gasteiger partial charge in [-0.25, -0.2) is 0 Å². The van der Waals surface area contributed by atoms with Crippen LogP contribution in [0.25, 0.3) is 0 Å². The fourth-order valence-electron chi connectivity index (χ4n) is 2.65. The Morgan fingerprint density at radius 3 is 2.67 bits per heavy atom. The van der Waals surface area contributed by atoms with Crippen molar-refractivity contribution in [3.8, 4) is 0 Å². The standard InChI is InChI=1S/C15H24N2O/c1-12(2)15-9-16-8-14(18)11-17(15)10-13-6-4-3-5-7-13/h3-7,12,14-16,18H,8-11H2,1-2H3/t14-,15-/m1/s1. The molecule has 1 aliphatic rings. The van der Waals surface area contributed by atoms with Crippen LogP contribution in [-0.4, -0.2) is 41.8 Å². The van der Waals surface area contributed by atoms with E-state index in [1.807, 2.05) is 6.07 Å². The number of aliphatic hydroxyl groups excluding tert-OH is 1. The van der Waals surface area contributed by atoms with Crippen LogP contribution in [0.1, 0.15) is 19.4 Å². The van der Waals surface area contributed by atoms with Gasteiger partial charge in [0.2, 0.25) is 0 Å². The lowest BCUT2D eigenvalue weighted by Gasteiger charge is -2.33. The Balaban J connectivity index is 2.09. The molecule has 0 unspecified atom stereocenters. The second-order valence-corrected chi connectivity index (χ2v) is 5.54. The van der Waals surface area contributed by atoms with Crippen molar-refractivity contribution < 1.29 is 5.11 Å². The highest BCUT2D eigenvalue weighted by Gasteiger charge is 2.26. The zero-order valence-electron chi connectivity index (χ0n) is 11.3. The number of hydrogen-bond donors (Lipinski definition) is 2. The van der Waals surface area contributed by atoms with Crippen LogP contribution in [-0.2, 0) is 6.54 Å². The third-order valence-corrected chi connectivity index (χ3v) is 3.65. The predicted octanol–water partition coefficient (Wildman–Crippen LogP) is 1.48. The van der Waals surface area contributed by atoms with Gasteiger partial charge < -0.3 is 10.4 Å². The van der Waals surface area contributed by atoms with Crippen LogP contribution in [0.15, 0.2) is 30.3 Å². The molecule has 2 atom stereocenters. The Bertz CT molecular complexity index is 353. The average molecular weight is 248 g/mol. The number of nitrogens with one attached hydrogen (secondary N) is 1. The lowest BCUT2D eigenvalue weighted by atomic mass is 10.0. The van der Waals surface area contributed by atoms with Crippen molar-refractivity contribution in [1.82, 2.24) is 10.2 Å². The fourth-order valence-corrected chi connectivity index (χ4v) is 2.65.